The number of carbonyl (C=O) groups is 1. The third-order valence-corrected chi connectivity index (χ3v) is 6.53. The van der Waals surface area contributed by atoms with Crippen LogP contribution in [0.15, 0.2) is 35.2 Å². The van der Waals surface area contributed by atoms with Gasteiger partial charge in [-0.3, -0.25) is 4.79 Å². The van der Waals surface area contributed by atoms with E-state index in [4.69, 9.17) is 0 Å². The van der Waals surface area contributed by atoms with Crippen LogP contribution < -0.4 is 0 Å². The van der Waals surface area contributed by atoms with Crippen molar-refractivity contribution >= 4 is 15.6 Å². The summed E-state index contributed by atoms with van der Waals surface area (Å²) >= 11 is 0. The van der Waals surface area contributed by atoms with Gasteiger partial charge in [-0.15, -0.1) is 0 Å². The summed E-state index contributed by atoms with van der Waals surface area (Å²) < 4.78 is 25.5. The van der Waals surface area contributed by atoms with Crippen molar-refractivity contribution in [1.82, 2.24) is 0 Å². The average molecular weight is 308 g/mol. The molecule has 0 radical (unpaired) electrons. The largest absolute Gasteiger partial charge is 0.300 e. The highest BCUT2D eigenvalue weighted by Gasteiger charge is 2.38. The summed E-state index contributed by atoms with van der Waals surface area (Å²) in [6.45, 7) is 4.04. The molecule has 0 saturated heterocycles. The Hall–Kier alpha value is -1.16. The van der Waals surface area contributed by atoms with Gasteiger partial charge in [-0.25, -0.2) is 8.42 Å². The van der Waals surface area contributed by atoms with E-state index < -0.39 is 15.1 Å². The molecule has 1 aliphatic rings. The quantitative estimate of drug-likeness (QED) is 0.806. The molecule has 2 rings (SSSR count). The Morgan fingerprint density at radius 3 is 2.48 bits per heavy atom. The Labute approximate surface area is 127 Å². The van der Waals surface area contributed by atoms with Gasteiger partial charge in [0.15, 0.2) is 9.84 Å². The highest BCUT2D eigenvalue weighted by Crippen LogP contribution is 2.37. The summed E-state index contributed by atoms with van der Waals surface area (Å²) in [6.07, 6.45) is 3.39. The summed E-state index contributed by atoms with van der Waals surface area (Å²) in [5, 5.41) is -0.393. The first-order valence-electron chi connectivity index (χ1n) is 7.72. The highest BCUT2D eigenvalue weighted by molar-refractivity contribution is 7.92. The minimum atomic E-state index is -3.31. The first kappa shape index (κ1) is 16.2. The van der Waals surface area contributed by atoms with Gasteiger partial charge >= 0.3 is 0 Å². The van der Waals surface area contributed by atoms with Crippen LogP contribution in [0, 0.1) is 11.8 Å². The lowest BCUT2D eigenvalue weighted by Gasteiger charge is -2.20. The fourth-order valence-electron chi connectivity index (χ4n) is 3.26. The second kappa shape index (κ2) is 6.73. The smallest absolute Gasteiger partial charge is 0.181 e. The third kappa shape index (κ3) is 3.94. The van der Waals surface area contributed by atoms with Crippen LogP contribution in [-0.4, -0.2) is 19.5 Å². The van der Waals surface area contributed by atoms with Gasteiger partial charge in [-0.05, 0) is 36.8 Å². The first-order valence-corrected chi connectivity index (χ1v) is 9.26. The number of hydrogen-bond acceptors (Lipinski definition) is 3. The molecule has 1 aromatic rings. The van der Waals surface area contributed by atoms with Crippen molar-refractivity contribution in [3.8, 4) is 0 Å². The molecular formula is C17H24O3S. The standard InChI is InChI=1S/C17H24O3S/c1-13(2)11-15(18)12-14-7-6-10-17(14)21(19,20)16-8-4-3-5-9-16/h3-5,8-9,13-14,17H,6-7,10-12H2,1-2H3/t14-,17+/m1/s1. The number of rotatable bonds is 6. The summed E-state index contributed by atoms with van der Waals surface area (Å²) in [5.74, 6) is 0.523. The van der Waals surface area contributed by atoms with Crippen LogP contribution in [0.2, 0.25) is 0 Å². The van der Waals surface area contributed by atoms with E-state index in [0.717, 1.165) is 12.8 Å². The number of sulfone groups is 1. The van der Waals surface area contributed by atoms with Crippen molar-refractivity contribution in [1.29, 1.82) is 0 Å². The van der Waals surface area contributed by atoms with Crippen LogP contribution in [0.5, 0.6) is 0 Å². The van der Waals surface area contributed by atoms with Crippen molar-refractivity contribution in [2.45, 2.75) is 56.1 Å². The van der Waals surface area contributed by atoms with Gasteiger partial charge in [0.1, 0.15) is 5.78 Å². The van der Waals surface area contributed by atoms with Crippen LogP contribution in [-0.2, 0) is 14.6 Å². The molecule has 2 atom stereocenters. The number of ketones is 1. The Bertz CT molecular complexity index is 575. The molecule has 3 nitrogen and oxygen atoms in total. The van der Waals surface area contributed by atoms with Crippen molar-refractivity contribution in [2.24, 2.45) is 11.8 Å². The van der Waals surface area contributed by atoms with E-state index in [1.54, 1.807) is 24.3 Å². The molecule has 116 valence electrons. The van der Waals surface area contributed by atoms with E-state index in [2.05, 4.69) is 0 Å². The Balaban J connectivity index is 2.13. The van der Waals surface area contributed by atoms with Gasteiger partial charge in [0, 0.05) is 12.8 Å². The lowest BCUT2D eigenvalue weighted by atomic mass is 9.96. The molecule has 0 bridgehead atoms. The lowest BCUT2D eigenvalue weighted by Crippen LogP contribution is -2.27. The zero-order valence-corrected chi connectivity index (χ0v) is 13.6. The number of benzene rings is 1. The van der Waals surface area contributed by atoms with Gasteiger partial charge in [-0.2, -0.15) is 0 Å². The Morgan fingerprint density at radius 1 is 1.19 bits per heavy atom. The predicted octanol–water partition coefficient (Wildman–Crippen LogP) is 3.63. The van der Waals surface area contributed by atoms with E-state index in [9.17, 15) is 13.2 Å². The highest BCUT2D eigenvalue weighted by atomic mass is 32.2. The van der Waals surface area contributed by atoms with E-state index in [1.165, 1.54) is 0 Å². The van der Waals surface area contributed by atoms with E-state index in [0.29, 0.717) is 30.1 Å². The number of carbonyl (C=O) groups excluding carboxylic acids is 1. The summed E-state index contributed by atoms with van der Waals surface area (Å²) in [5.41, 5.74) is 0. The second-order valence-corrected chi connectivity index (χ2v) is 8.60. The molecule has 0 amide bonds. The first-order chi connectivity index (χ1) is 9.91. The average Bonchev–Trinajstić information content (AvgIpc) is 2.87. The van der Waals surface area contributed by atoms with Crippen LogP contribution >= 0.6 is 0 Å². The van der Waals surface area contributed by atoms with Crippen LogP contribution in [0.1, 0.15) is 46.0 Å². The van der Waals surface area contributed by atoms with Gasteiger partial charge in [0.05, 0.1) is 10.1 Å². The van der Waals surface area contributed by atoms with Gasteiger partial charge < -0.3 is 0 Å². The van der Waals surface area contributed by atoms with E-state index in [-0.39, 0.29) is 11.7 Å². The van der Waals surface area contributed by atoms with Crippen molar-refractivity contribution in [2.75, 3.05) is 0 Å². The Kier molecular flexibility index (Phi) is 5.20. The molecule has 0 N–H and O–H groups in total. The number of Topliss-reactive ketones (excluding diaryl/α,β-unsaturated/α-hetero) is 1. The molecule has 1 aliphatic carbocycles. The van der Waals surface area contributed by atoms with E-state index >= 15 is 0 Å². The molecule has 0 heterocycles. The maximum atomic E-state index is 12.7. The third-order valence-electron chi connectivity index (χ3n) is 4.19. The van der Waals surface area contributed by atoms with Crippen molar-refractivity contribution in [3.05, 3.63) is 30.3 Å². The van der Waals surface area contributed by atoms with Crippen molar-refractivity contribution in [3.63, 3.8) is 0 Å². The zero-order valence-electron chi connectivity index (χ0n) is 12.8. The van der Waals surface area contributed by atoms with Gasteiger partial charge in [-0.1, -0.05) is 38.5 Å². The molecule has 0 spiro atoms. The molecule has 0 aliphatic heterocycles. The fourth-order valence-corrected chi connectivity index (χ4v) is 5.36. The minimum Gasteiger partial charge on any atom is -0.300 e. The van der Waals surface area contributed by atoms with Gasteiger partial charge in [0.25, 0.3) is 0 Å². The van der Waals surface area contributed by atoms with E-state index in [1.807, 2.05) is 19.9 Å². The van der Waals surface area contributed by atoms with Crippen molar-refractivity contribution < 1.29 is 13.2 Å². The Morgan fingerprint density at radius 2 is 1.86 bits per heavy atom. The lowest BCUT2D eigenvalue weighted by molar-refractivity contribution is -0.120. The summed E-state index contributed by atoms with van der Waals surface area (Å²) in [6, 6.07) is 8.63. The molecule has 21 heavy (non-hydrogen) atoms. The normalized spacial score (nSPS) is 22.6. The summed E-state index contributed by atoms with van der Waals surface area (Å²) in [7, 11) is -3.31. The molecule has 0 aromatic heterocycles. The van der Waals surface area contributed by atoms with Crippen LogP contribution in [0.3, 0.4) is 0 Å². The monoisotopic (exact) mass is 308 g/mol. The van der Waals surface area contributed by atoms with Crippen LogP contribution in [0.25, 0.3) is 0 Å². The predicted molar refractivity (Wildman–Crippen MR) is 83.8 cm³/mol. The minimum absolute atomic E-state index is 0.0125. The van der Waals surface area contributed by atoms with Crippen LogP contribution in [0.4, 0.5) is 0 Å². The SMILES string of the molecule is CC(C)CC(=O)C[C@H]1CCC[C@@H]1S(=O)(=O)c1ccccc1. The molecule has 0 unspecified atom stereocenters. The topological polar surface area (TPSA) is 51.2 Å². The summed E-state index contributed by atoms with van der Waals surface area (Å²) in [4.78, 5) is 12.4. The fraction of sp³-hybridized carbons (Fsp3) is 0.588. The molecule has 4 heteroatoms. The maximum Gasteiger partial charge on any atom is 0.181 e. The maximum absolute atomic E-state index is 12.7. The molecule has 1 saturated carbocycles. The molecular weight excluding hydrogens is 284 g/mol. The zero-order chi connectivity index (χ0) is 15.5. The number of hydrogen-bond donors (Lipinski definition) is 0. The van der Waals surface area contributed by atoms with Gasteiger partial charge in [0.2, 0.25) is 0 Å². The molecule has 1 fully saturated rings. The second-order valence-electron chi connectivity index (χ2n) is 6.43. The molecule has 1 aromatic carbocycles.